The summed E-state index contributed by atoms with van der Waals surface area (Å²) in [6.45, 7) is -1.99. The van der Waals surface area contributed by atoms with E-state index < -0.39 is 36.2 Å². The zero-order valence-electron chi connectivity index (χ0n) is 16.6. The Kier molecular flexibility index (Phi) is 6.35. The number of alkyl halides is 2. The lowest BCUT2D eigenvalue weighted by atomic mass is 10.1. The third-order valence-electron chi connectivity index (χ3n) is 4.89. The van der Waals surface area contributed by atoms with Crippen LogP contribution in [0.4, 0.5) is 13.2 Å². The molecule has 0 saturated heterocycles. The molecule has 0 amide bonds. The summed E-state index contributed by atoms with van der Waals surface area (Å²) in [7, 11) is -1.86. The van der Waals surface area contributed by atoms with Crippen molar-refractivity contribution in [3.8, 4) is 23.1 Å². The molecule has 1 unspecified atom stereocenters. The van der Waals surface area contributed by atoms with Gasteiger partial charge in [-0.3, -0.25) is 4.98 Å². The number of hydrogen-bond donors (Lipinski definition) is 1. The van der Waals surface area contributed by atoms with Gasteiger partial charge in [0.25, 0.3) is 0 Å². The number of nitrogens with zero attached hydrogens (tertiary/aromatic N) is 3. The number of benzene rings is 2. The monoisotopic (exact) mass is 454 g/mol. The van der Waals surface area contributed by atoms with Crippen molar-refractivity contribution >= 4 is 21.9 Å². The minimum absolute atomic E-state index is 0.229. The SMILES string of the molecule is N#Cc1c(-c2ccc(S(=O)NC(CF)CF)cn2)n(-c2ccccc2)c2ccc(F)cc12. The quantitative estimate of drug-likeness (QED) is 0.443. The Morgan fingerprint density at radius 2 is 1.84 bits per heavy atom. The molecule has 0 aliphatic heterocycles. The molecule has 2 aromatic heterocycles. The average molecular weight is 454 g/mol. The van der Waals surface area contributed by atoms with E-state index in [1.54, 1.807) is 12.1 Å². The maximum atomic E-state index is 14.0. The van der Waals surface area contributed by atoms with Crippen molar-refractivity contribution in [1.82, 2.24) is 14.3 Å². The van der Waals surface area contributed by atoms with Crippen molar-refractivity contribution in [3.05, 3.63) is 78.2 Å². The number of para-hydroxylation sites is 1. The van der Waals surface area contributed by atoms with E-state index in [0.717, 1.165) is 5.69 Å². The molecule has 1 atom stereocenters. The number of nitriles is 1. The van der Waals surface area contributed by atoms with Crippen molar-refractivity contribution in [2.75, 3.05) is 13.3 Å². The summed E-state index contributed by atoms with van der Waals surface area (Å²) in [6, 6.07) is 17.5. The largest absolute Gasteiger partial charge is 0.307 e. The lowest BCUT2D eigenvalue weighted by molar-refractivity contribution is 0.338. The summed E-state index contributed by atoms with van der Waals surface area (Å²) in [6.07, 6.45) is 1.32. The zero-order valence-corrected chi connectivity index (χ0v) is 17.5. The number of pyridine rings is 1. The second kappa shape index (κ2) is 9.34. The maximum absolute atomic E-state index is 14.0. The van der Waals surface area contributed by atoms with Gasteiger partial charge in [-0.1, -0.05) is 18.2 Å². The molecular weight excluding hydrogens is 437 g/mol. The molecule has 0 fully saturated rings. The Hall–Kier alpha value is -3.48. The van der Waals surface area contributed by atoms with Gasteiger partial charge in [-0.15, -0.1) is 0 Å². The molecule has 0 bridgehead atoms. The molecule has 2 aromatic carbocycles. The number of hydrogen-bond acceptors (Lipinski definition) is 3. The van der Waals surface area contributed by atoms with Crippen molar-refractivity contribution in [3.63, 3.8) is 0 Å². The van der Waals surface area contributed by atoms with Gasteiger partial charge in [-0.25, -0.2) is 22.1 Å². The van der Waals surface area contributed by atoms with E-state index in [9.17, 15) is 22.6 Å². The Balaban J connectivity index is 1.86. The van der Waals surface area contributed by atoms with E-state index in [2.05, 4.69) is 15.8 Å². The summed E-state index contributed by atoms with van der Waals surface area (Å²) in [4.78, 5) is 4.58. The highest BCUT2D eigenvalue weighted by atomic mass is 32.2. The Morgan fingerprint density at radius 3 is 2.47 bits per heavy atom. The second-order valence-electron chi connectivity index (χ2n) is 6.94. The van der Waals surface area contributed by atoms with Crippen LogP contribution in [0.15, 0.2) is 71.8 Å². The topological polar surface area (TPSA) is 70.7 Å². The van der Waals surface area contributed by atoms with Gasteiger partial charge in [0, 0.05) is 17.3 Å². The first-order valence-electron chi connectivity index (χ1n) is 9.63. The molecule has 0 spiro atoms. The highest BCUT2D eigenvalue weighted by Crippen LogP contribution is 2.35. The average Bonchev–Trinajstić information content (AvgIpc) is 3.16. The molecule has 0 aliphatic carbocycles. The first kappa shape index (κ1) is 21.7. The van der Waals surface area contributed by atoms with Gasteiger partial charge < -0.3 is 4.57 Å². The fraction of sp³-hybridized carbons (Fsp3) is 0.130. The van der Waals surface area contributed by atoms with Crippen LogP contribution in [0.3, 0.4) is 0 Å². The minimum Gasteiger partial charge on any atom is -0.307 e. The van der Waals surface area contributed by atoms with Crippen molar-refractivity contribution < 1.29 is 17.4 Å². The summed E-state index contributed by atoms with van der Waals surface area (Å²) in [5, 5.41) is 10.3. The zero-order chi connectivity index (χ0) is 22.7. The Bertz CT molecular complexity index is 1310. The van der Waals surface area contributed by atoms with Gasteiger partial charge in [-0.2, -0.15) is 5.26 Å². The first-order valence-corrected chi connectivity index (χ1v) is 10.8. The van der Waals surface area contributed by atoms with Crippen LogP contribution in [0.25, 0.3) is 28.0 Å². The second-order valence-corrected chi connectivity index (χ2v) is 8.18. The predicted molar refractivity (Wildman–Crippen MR) is 116 cm³/mol. The van der Waals surface area contributed by atoms with Crippen LogP contribution in [0.1, 0.15) is 5.56 Å². The molecule has 1 N–H and O–H groups in total. The lowest BCUT2D eigenvalue weighted by Gasteiger charge is -2.12. The molecule has 0 aliphatic rings. The van der Waals surface area contributed by atoms with Gasteiger partial charge >= 0.3 is 0 Å². The lowest BCUT2D eigenvalue weighted by Crippen LogP contribution is -2.34. The number of aromatic nitrogens is 2. The molecule has 4 rings (SSSR count). The number of fused-ring (bicyclic) bond motifs is 1. The van der Waals surface area contributed by atoms with Crippen molar-refractivity contribution in [2.45, 2.75) is 10.9 Å². The number of halogens is 3. The van der Waals surface area contributed by atoms with Gasteiger partial charge in [0.1, 0.15) is 36.2 Å². The van der Waals surface area contributed by atoms with Gasteiger partial charge in [-0.05, 0) is 42.5 Å². The van der Waals surface area contributed by atoms with E-state index in [-0.39, 0.29) is 10.5 Å². The summed E-state index contributed by atoms with van der Waals surface area (Å²) < 4.78 is 55.9. The maximum Gasteiger partial charge on any atom is 0.126 e. The smallest absolute Gasteiger partial charge is 0.126 e. The van der Waals surface area contributed by atoms with Crippen molar-refractivity contribution in [1.29, 1.82) is 5.26 Å². The molecule has 0 saturated carbocycles. The third-order valence-corrected chi connectivity index (χ3v) is 6.11. The molecule has 32 heavy (non-hydrogen) atoms. The summed E-state index contributed by atoms with van der Waals surface area (Å²) in [5.74, 6) is -0.467. The highest BCUT2D eigenvalue weighted by Gasteiger charge is 2.22. The molecular formula is C23H17F3N4OS. The van der Waals surface area contributed by atoms with Gasteiger partial charge in [0.15, 0.2) is 0 Å². The van der Waals surface area contributed by atoms with E-state index in [1.165, 1.54) is 24.4 Å². The molecule has 9 heteroatoms. The van der Waals surface area contributed by atoms with E-state index in [1.807, 2.05) is 34.9 Å². The Morgan fingerprint density at radius 1 is 1.09 bits per heavy atom. The minimum atomic E-state index is -1.86. The standard InChI is InChI=1S/C23H17F3N4OS/c24-11-16(12-25)29-32(31)18-7-8-21(28-14-18)23-20(13-27)19-10-15(26)6-9-22(19)30(23)17-4-2-1-3-5-17/h1-10,14,16,29H,11-12H2. The number of rotatable bonds is 7. The van der Waals surface area contributed by atoms with Crippen LogP contribution in [0, 0.1) is 17.1 Å². The van der Waals surface area contributed by atoms with Gasteiger partial charge in [0.05, 0.1) is 33.4 Å². The summed E-state index contributed by atoms with van der Waals surface area (Å²) >= 11 is 0. The van der Waals surface area contributed by atoms with Crippen LogP contribution >= 0.6 is 0 Å². The fourth-order valence-electron chi connectivity index (χ4n) is 3.42. The van der Waals surface area contributed by atoms with E-state index >= 15 is 0 Å². The third kappa shape index (κ3) is 4.02. The first-order chi connectivity index (χ1) is 15.6. The molecule has 162 valence electrons. The number of nitrogens with one attached hydrogen (secondary N) is 1. The molecule has 2 heterocycles. The summed E-state index contributed by atoms with van der Waals surface area (Å²) in [5.41, 5.74) is 2.49. The van der Waals surface area contributed by atoms with Crippen LogP contribution in [-0.4, -0.2) is 33.2 Å². The normalized spacial score (nSPS) is 12.2. The Labute approximate surface area is 184 Å². The van der Waals surface area contributed by atoms with Crippen LogP contribution < -0.4 is 4.72 Å². The fourth-order valence-corrected chi connectivity index (χ4v) is 4.32. The molecule has 5 nitrogen and oxygen atoms in total. The van der Waals surface area contributed by atoms with Gasteiger partial charge in [0.2, 0.25) is 0 Å². The van der Waals surface area contributed by atoms with E-state index in [4.69, 9.17) is 0 Å². The molecule has 0 radical (unpaired) electrons. The molecule has 4 aromatic rings. The highest BCUT2D eigenvalue weighted by molar-refractivity contribution is 7.83. The van der Waals surface area contributed by atoms with Crippen LogP contribution in [-0.2, 0) is 11.0 Å². The van der Waals surface area contributed by atoms with Crippen LogP contribution in [0.2, 0.25) is 0 Å². The van der Waals surface area contributed by atoms with Crippen molar-refractivity contribution in [2.24, 2.45) is 0 Å². The predicted octanol–water partition coefficient (Wildman–Crippen LogP) is 4.62. The van der Waals surface area contributed by atoms with Crippen LogP contribution in [0.5, 0.6) is 0 Å². The van der Waals surface area contributed by atoms with E-state index in [0.29, 0.717) is 22.3 Å².